The number of hydrogen-bond donors (Lipinski definition) is 1. The fourth-order valence-corrected chi connectivity index (χ4v) is 18.9. The summed E-state index contributed by atoms with van der Waals surface area (Å²) in [5, 5.41) is 0. The van der Waals surface area contributed by atoms with Gasteiger partial charge in [-0.2, -0.15) is 4.72 Å². The predicted octanol–water partition coefficient (Wildman–Crippen LogP) is 6.87. The van der Waals surface area contributed by atoms with E-state index in [1.165, 1.54) is 0 Å². The molecule has 6 unspecified atom stereocenters. The summed E-state index contributed by atoms with van der Waals surface area (Å²) < 4.78 is 87.4. The van der Waals surface area contributed by atoms with Gasteiger partial charge in [0.15, 0.2) is 29.6 Å². The first kappa shape index (κ1) is 57.3. The van der Waals surface area contributed by atoms with Crippen LogP contribution >= 0.6 is 0 Å². The van der Waals surface area contributed by atoms with Gasteiger partial charge in [-0.15, -0.1) is 0 Å². The lowest BCUT2D eigenvalue weighted by Gasteiger charge is -2.60. The van der Waals surface area contributed by atoms with E-state index in [1.807, 2.05) is 34.6 Å². The fraction of sp³-hybridized carbons (Fsp3) is 0.947. The van der Waals surface area contributed by atoms with Gasteiger partial charge in [-0.1, -0.05) is 41.5 Å². The second-order valence-corrected chi connectivity index (χ2v) is 29.2. The van der Waals surface area contributed by atoms with Crippen LogP contribution in [0.1, 0.15) is 159 Å². The average Bonchev–Trinajstić information content (AvgIpc) is 3.70. The van der Waals surface area contributed by atoms with E-state index >= 15 is 0 Å². The SMILES string of the molecule is C[C@@H]1CC[C@H]2[C@@H](C)C(CC(=O)OCC(COC(=O)CC3O[C@H]4O[C@@]5(C)CC[C@H]6[C@H](C)CC[C@H]([C@@H]3C)[C@@]46OO5)(COC(=O)CC3OC[C@@H]4OC5(C)CC[C@H]6[C@H](C)CC[C@@H]([C@H]3C)[C@@]46OO5)NS(C)(=O)=O)O[C@@H]3OC4(C)CC[C@@H]1[C@]32OO4. The van der Waals surface area contributed by atoms with Crippen LogP contribution in [0.3, 0.4) is 0 Å². The Bertz CT molecular complexity index is 2360. The number of fused-ring (bicyclic) bond motifs is 6. The van der Waals surface area contributed by atoms with Gasteiger partial charge in [0.25, 0.3) is 0 Å². The molecule has 15 fully saturated rings. The first-order valence-corrected chi connectivity index (χ1v) is 31.7. The molecule has 446 valence electrons. The van der Waals surface area contributed by atoms with Gasteiger partial charge in [-0.25, -0.2) is 37.7 Å². The van der Waals surface area contributed by atoms with Crippen molar-refractivity contribution < 1.29 is 94.8 Å². The summed E-state index contributed by atoms with van der Waals surface area (Å²) in [6.07, 6.45) is 6.19. The molecule has 1 N–H and O–H groups in total. The zero-order valence-electron chi connectivity index (χ0n) is 47.9. The van der Waals surface area contributed by atoms with E-state index < -0.39 is 124 Å². The van der Waals surface area contributed by atoms with E-state index in [0.29, 0.717) is 37.0 Å². The van der Waals surface area contributed by atoms with Gasteiger partial charge in [0.05, 0.1) is 50.4 Å². The molecule has 0 aromatic heterocycles. The van der Waals surface area contributed by atoms with Gasteiger partial charge < -0.3 is 42.6 Å². The van der Waals surface area contributed by atoms with E-state index in [1.54, 1.807) is 0 Å². The van der Waals surface area contributed by atoms with Crippen molar-refractivity contribution in [1.29, 1.82) is 0 Å². The highest BCUT2D eigenvalue weighted by molar-refractivity contribution is 7.88. The van der Waals surface area contributed by atoms with Crippen LogP contribution < -0.4 is 4.72 Å². The van der Waals surface area contributed by atoms with Crippen LogP contribution in [0, 0.1) is 71.0 Å². The van der Waals surface area contributed by atoms with Crippen molar-refractivity contribution >= 4 is 27.9 Å². The normalized spacial score (nSPS) is 51.2. The summed E-state index contributed by atoms with van der Waals surface area (Å²) in [7, 11) is -4.19. The van der Waals surface area contributed by atoms with Gasteiger partial charge in [0.2, 0.25) is 21.6 Å². The number of rotatable bonds is 14. The molecule has 3 saturated carbocycles. The number of carbonyl (C=O) groups excluding carboxylic acids is 3. The van der Waals surface area contributed by atoms with Gasteiger partial charge in [-0.05, 0) is 138 Å². The maximum atomic E-state index is 14.3. The lowest BCUT2D eigenvalue weighted by Crippen LogP contribution is -2.70. The number of carbonyl (C=O) groups is 3. The zero-order valence-corrected chi connectivity index (χ0v) is 48.7. The molecular formula is C57H87NO20S. The lowest BCUT2D eigenvalue weighted by molar-refractivity contribution is -0.571. The molecular weight excluding hydrogens is 1050 g/mol. The Morgan fingerprint density at radius 1 is 0.494 bits per heavy atom. The largest absolute Gasteiger partial charge is 0.463 e. The summed E-state index contributed by atoms with van der Waals surface area (Å²) in [5.41, 5.74) is -4.45. The smallest absolute Gasteiger partial charge is 0.308 e. The second kappa shape index (κ2) is 20.5. The minimum absolute atomic E-state index is 0.0568. The minimum atomic E-state index is -4.19. The Balaban J connectivity index is 0.770. The summed E-state index contributed by atoms with van der Waals surface area (Å²) >= 11 is 0. The summed E-state index contributed by atoms with van der Waals surface area (Å²) in [4.78, 5) is 80.1. The lowest BCUT2D eigenvalue weighted by atomic mass is 9.57. The topological polar surface area (TPSA) is 236 Å². The maximum absolute atomic E-state index is 14.3. The number of sulfonamides is 1. The molecule has 12 saturated heterocycles. The number of hydrogen-bond acceptors (Lipinski definition) is 20. The molecule has 6 bridgehead atoms. The molecule has 0 aromatic carbocycles. The van der Waals surface area contributed by atoms with E-state index in [2.05, 4.69) is 32.4 Å². The summed E-state index contributed by atoms with van der Waals surface area (Å²) in [6.45, 7) is 16.5. The minimum Gasteiger partial charge on any atom is -0.463 e. The Hall–Kier alpha value is -2.16. The van der Waals surface area contributed by atoms with Crippen LogP contribution in [0.5, 0.6) is 0 Å². The predicted molar refractivity (Wildman–Crippen MR) is 273 cm³/mol. The van der Waals surface area contributed by atoms with Gasteiger partial charge >= 0.3 is 17.9 Å². The number of ether oxygens (including phenoxy) is 9. The molecule has 21 nitrogen and oxygen atoms in total. The van der Waals surface area contributed by atoms with Crippen LogP contribution in [0.15, 0.2) is 0 Å². The van der Waals surface area contributed by atoms with Crippen LogP contribution in [-0.2, 0) is 96.4 Å². The van der Waals surface area contributed by atoms with Crippen molar-refractivity contribution in [2.24, 2.45) is 71.0 Å². The first-order valence-electron chi connectivity index (χ1n) is 29.8. The third-order valence-electron chi connectivity index (χ3n) is 22.3. The second-order valence-electron chi connectivity index (χ2n) is 27.4. The first-order chi connectivity index (χ1) is 37.3. The van der Waals surface area contributed by atoms with Crippen molar-refractivity contribution in [3.05, 3.63) is 0 Å². The Labute approximate surface area is 464 Å². The van der Waals surface area contributed by atoms with Crippen LogP contribution in [0.2, 0.25) is 0 Å². The van der Waals surface area contributed by atoms with Crippen molar-refractivity contribution in [2.45, 2.75) is 235 Å². The molecule has 0 amide bonds. The van der Waals surface area contributed by atoms with E-state index in [4.69, 9.17) is 72.0 Å². The van der Waals surface area contributed by atoms with Gasteiger partial charge in [-0.3, -0.25) is 14.4 Å². The highest BCUT2D eigenvalue weighted by Gasteiger charge is 2.72. The van der Waals surface area contributed by atoms with E-state index in [0.717, 1.165) is 64.0 Å². The zero-order chi connectivity index (χ0) is 55.9. The average molecular weight is 1140 g/mol. The molecule has 3 aliphatic carbocycles. The van der Waals surface area contributed by atoms with Crippen molar-refractivity contribution in [2.75, 3.05) is 32.7 Å². The number of esters is 3. The van der Waals surface area contributed by atoms with Crippen molar-refractivity contribution in [3.8, 4) is 0 Å². The Kier molecular flexibility index (Phi) is 14.9. The molecule has 12 aliphatic heterocycles. The van der Waals surface area contributed by atoms with Crippen molar-refractivity contribution in [3.63, 3.8) is 0 Å². The van der Waals surface area contributed by atoms with Gasteiger partial charge in [0, 0.05) is 31.1 Å². The molecule has 3 spiro atoms. The Morgan fingerprint density at radius 3 is 1.29 bits per heavy atom. The monoisotopic (exact) mass is 1140 g/mol. The van der Waals surface area contributed by atoms with E-state index in [-0.39, 0.29) is 79.1 Å². The van der Waals surface area contributed by atoms with Crippen LogP contribution in [0.4, 0.5) is 0 Å². The fourth-order valence-electron chi connectivity index (χ4n) is 17.9. The third kappa shape index (κ3) is 9.76. The highest BCUT2D eigenvalue weighted by Crippen LogP contribution is 2.64. The maximum Gasteiger partial charge on any atom is 0.308 e. The molecule has 15 rings (SSSR count). The van der Waals surface area contributed by atoms with Crippen LogP contribution in [0.25, 0.3) is 0 Å². The van der Waals surface area contributed by atoms with E-state index in [9.17, 15) is 22.8 Å². The molecule has 12 heterocycles. The Morgan fingerprint density at radius 2 is 0.861 bits per heavy atom. The summed E-state index contributed by atoms with van der Waals surface area (Å²) in [6, 6.07) is 0. The molecule has 79 heavy (non-hydrogen) atoms. The standard InChI is InChI=1S/C57H87NO20S/c1-30-11-14-39-33(4)42(64-26-45-55(39)36(30)17-20-51(7,70-45)73-76-55)23-46(59)65-27-54(58-79(10,62)63,28-66-47(60)24-43-34(5)40-15-12-31(2)37-18-21-52(8)71-49(68-43)56(37,40)77-74-52)29-67-48(61)25-44-35(6)41-16-13-32(3)38-19-22-53(9)72-50(69-44)57(38,41)78-75-53/h30-45,49-50,58H,11-29H2,1-10H3/t30-,31-,32-,33-,34-,35+,36+,37+,38+,39+,40+,41-,42?,43?,44?,45+,49-,50+,51?,52?,53-,54?,55-,56-,57-/m1/s1. The van der Waals surface area contributed by atoms with Crippen LogP contribution in [-0.4, -0.2) is 136 Å². The quantitative estimate of drug-likeness (QED) is 0.106. The third-order valence-corrected chi connectivity index (χ3v) is 23.1. The molecule has 25 atom stereocenters. The number of nitrogens with one attached hydrogen (secondary N) is 1. The molecule has 22 heteroatoms. The molecule has 0 radical (unpaired) electrons. The summed E-state index contributed by atoms with van der Waals surface area (Å²) in [5.74, 6) is -4.40. The van der Waals surface area contributed by atoms with Gasteiger partial charge in [0.1, 0.15) is 37.1 Å². The highest BCUT2D eigenvalue weighted by atomic mass is 32.2. The molecule has 15 aliphatic rings. The molecule has 0 aromatic rings. The van der Waals surface area contributed by atoms with Crippen molar-refractivity contribution in [1.82, 2.24) is 4.72 Å².